The number of aryl methyl sites for hydroxylation is 1. The van der Waals surface area contributed by atoms with Crippen LogP contribution in [0.1, 0.15) is 17.5 Å². The van der Waals surface area contributed by atoms with Crippen molar-refractivity contribution >= 4 is 17.0 Å². The number of rotatable bonds is 6. The van der Waals surface area contributed by atoms with Crippen LogP contribution < -0.4 is 10.3 Å². The molecule has 8 heteroatoms. The molecule has 0 amide bonds. The van der Waals surface area contributed by atoms with Crippen molar-refractivity contribution in [3.63, 3.8) is 0 Å². The molecule has 0 N–H and O–H groups in total. The molecule has 0 radical (unpaired) electrons. The van der Waals surface area contributed by atoms with E-state index < -0.39 is 4.92 Å². The van der Waals surface area contributed by atoms with Gasteiger partial charge in [0.1, 0.15) is 5.01 Å². The summed E-state index contributed by atoms with van der Waals surface area (Å²) in [5, 5.41) is 13.8. The van der Waals surface area contributed by atoms with E-state index in [2.05, 4.69) is 4.98 Å². The third-order valence-corrected chi connectivity index (χ3v) is 4.59. The zero-order valence-corrected chi connectivity index (χ0v) is 15.2. The maximum absolute atomic E-state index is 12.0. The zero-order valence-electron chi connectivity index (χ0n) is 14.3. The lowest BCUT2D eigenvalue weighted by atomic mass is 10.1. The molecule has 0 bridgehead atoms. The summed E-state index contributed by atoms with van der Waals surface area (Å²) in [4.78, 5) is 27.3. The molecular formula is C18H17N3O4S. The van der Waals surface area contributed by atoms with Crippen LogP contribution in [0, 0.1) is 17.0 Å². The van der Waals surface area contributed by atoms with E-state index in [0.717, 1.165) is 10.6 Å². The average Bonchev–Trinajstić information content (AvgIpc) is 3.06. The monoisotopic (exact) mass is 371 g/mol. The van der Waals surface area contributed by atoms with Crippen LogP contribution in [0.4, 0.5) is 5.69 Å². The molecule has 0 aliphatic carbocycles. The molecule has 0 saturated carbocycles. The molecule has 0 spiro atoms. The Morgan fingerprint density at radius 1 is 1.31 bits per heavy atom. The third kappa shape index (κ3) is 3.80. The fraction of sp³-hybridized carbons (Fsp3) is 0.222. The van der Waals surface area contributed by atoms with E-state index in [-0.39, 0.29) is 17.0 Å². The molecule has 134 valence electrons. The maximum Gasteiger partial charge on any atom is 0.311 e. The largest absolute Gasteiger partial charge is 0.487 e. The third-order valence-electron chi connectivity index (χ3n) is 3.76. The Balaban J connectivity index is 1.88. The smallest absolute Gasteiger partial charge is 0.311 e. The lowest BCUT2D eigenvalue weighted by molar-refractivity contribution is -0.385. The van der Waals surface area contributed by atoms with Gasteiger partial charge in [0.05, 0.1) is 23.8 Å². The highest BCUT2D eigenvalue weighted by atomic mass is 32.1. The van der Waals surface area contributed by atoms with Crippen LogP contribution in [0.2, 0.25) is 0 Å². The van der Waals surface area contributed by atoms with Gasteiger partial charge in [-0.15, -0.1) is 11.3 Å². The number of hydrogen-bond donors (Lipinski definition) is 0. The normalized spacial score (nSPS) is 10.7. The fourth-order valence-electron chi connectivity index (χ4n) is 2.50. The van der Waals surface area contributed by atoms with Crippen LogP contribution >= 0.6 is 11.3 Å². The Labute approximate surface area is 153 Å². The van der Waals surface area contributed by atoms with Crippen molar-refractivity contribution in [1.29, 1.82) is 0 Å². The number of ether oxygens (including phenoxy) is 1. The van der Waals surface area contributed by atoms with Gasteiger partial charge in [-0.3, -0.25) is 14.9 Å². The van der Waals surface area contributed by atoms with E-state index in [1.807, 2.05) is 18.4 Å². The standard InChI is InChI=1S/C18H17N3O4S/c1-3-25-16-5-4-13(9-15(16)21(23)24)14-11-26-17(19-14)10-20-7-6-12(2)8-18(20)22/h4-9,11H,3,10H2,1-2H3. The number of nitrogens with zero attached hydrogens (tertiary/aromatic N) is 3. The molecule has 2 aromatic heterocycles. The molecule has 0 aliphatic rings. The summed E-state index contributed by atoms with van der Waals surface area (Å²) in [5.41, 5.74) is 2.01. The lowest BCUT2D eigenvalue weighted by Crippen LogP contribution is -2.19. The molecule has 3 aromatic rings. The first kappa shape index (κ1) is 17.8. The molecular weight excluding hydrogens is 354 g/mol. The first-order valence-corrected chi connectivity index (χ1v) is 8.89. The average molecular weight is 371 g/mol. The Morgan fingerprint density at radius 3 is 2.81 bits per heavy atom. The number of thiazole rings is 1. The maximum atomic E-state index is 12.0. The number of aromatic nitrogens is 2. The van der Waals surface area contributed by atoms with Gasteiger partial charge in [0, 0.05) is 29.3 Å². The second kappa shape index (κ2) is 7.49. The number of benzene rings is 1. The molecule has 0 atom stereocenters. The van der Waals surface area contributed by atoms with Gasteiger partial charge in [-0.2, -0.15) is 0 Å². The highest BCUT2D eigenvalue weighted by Crippen LogP contribution is 2.32. The van der Waals surface area contributed by atoms with E-state index >= 15 is 0 Å². The van der Waals surface area contributed by atoms with Crippen LogP contribution in [0.3, 0.4) is 0 Å². The van der Waals surface area contributed by atoms with Crippen molar-refractivity contribution in [3.05, 3.63) is 72.9 Å². The van der Waals surface area contributed by atoms with E-state index in [4.69, 9.17) is 4.74 Å². The highest BCUT2D eigenvalue weighted by molar-refractivity contribution is 7.09. The molecule has 2 heterocycles. The summed E-state index contributed by atoms with van der Waals surface area (Å²) in [5.74, 6) is 0.239. The molecule has 0 fully saturated rings. The molecule has 0 saturated heterocycles. The molecule has 3 rings (SSSR count). The SMILES string of the molecule is CCOc1ccc(-c2csc(Cn3ccc(C)cc3=O)n2)cc1[N+](=O)[O-]. The Morgan fingerprint density at radius 2 is 2.12 bits per heavy atom. The van der Waals surface area contributed by atoms with Crippen molar-refractivity contribution < 1.29 is 9.66 Å². The second-order valence-electron chi connectivity index (χ2n) is 5.67. The summed E-state index contributed by atoms with van der Waals surface area (Å²) >= 11 is 1.41. The van der Waals surface area contributed by atoms with Crippen molar-refractivity contribution in [2.75, 3.05) is 6.61 Å². The predicted octanol–water partition coefficient (Wildman–Crippen LogP) is 3.64. The lowest BCUT2D eigenvalue weighted by Gasteiger charge is -2.05. The van der Waals surface area contributed by atoms with Crippen LogP contribution in [0.15, 0.2) is 46.7 Å². The second-order valence-corrected chi connectivity index (χ2v) is 6.61. The van der Waals surface area contributed by atoms with E-state index in [1.54, 1.807) is 35.9 Å². The number of nitro groups is 1. The molecule has 26 heavy (non-hydrogen) atoms. The Hall–Kier alpha value is -3.00. The van der Waals surface area contributed by atoms with E-state index in [9.17, 15) is 14.9 Å². The minimum atomic E-state index is -0.465. The minimum Gasteiger partial charge on any atom is -0.487 e. The fourth-order valence-corrected chi connectivity index (χ4v) is 3.30. The molecule has 7 nitrogen and oxygen atoms in total. The van der Waals surface area contributed by atoms with Gasteiger partial charge in [-0.1, -0.05) is 0 Å². The summed E-state index contributed by atoms with van der Waals surface area (Å²) in [6.45, 7) is 4.36. The van der Waals surface area contributed by atoms with E-state index in [1.165, 1.54) is 17.4 Å². The van der Waals surface area contributed by atoms with Crippen molar-refractivity contribution in [2.24, 2.45) is 0 Å². The summed E-state index contributed by atoms with van der Waals surface area (Å²) in [7, 11) is 0. The van der Waals surface area contributed by atoms with Gasteiger partial charge < -0.3 is 9.30 Å². The van der Waals surface area contributed by atoms with Gasteiger partial charge in [0.25, 0.3) is 5.56 Å². The highest BCUT2D eigenvalue weighted by Gasteiger charge is 2.17. The summed E-state index contributed by atoms with van der Waals surface area (Å²) in [6, 6.07) is 8.23. The number of hydrogen-bond acceptors (Lipinski definition) is 6. The topological polar surface area (TPSA) is 87.3 Å². The summed E-state index contributed by atoms with van der Waals surface area (Å²) < 4.78 is 6.88. The molecule has 1 aromatic carbocycles. The summed E-state index contributed by atoms with van der Waals surface area (Å²) in [6.07, 6.45) is 1.74. The van der Waals surface area contributed by atoms with E-state index in [0.29, 0.717) is 24.4 Å². The van der Waals surface area contributed by atoms with Crippen LogP contribution in [-0.2, 0) is 6.54 Å². The first-order valence-electron chi connectivity index (χ1n) is 8.01. The van der Waals surface area contributed by atoms with Crippen LogP contribution in [-0.4, -0.2) is 21.1 Å². The van der Waals surface area contributed by atoms with Gasteiger partial charge in [0.2, 0.25) is 0 Å². The molecule has 0 aliphatic heterocycles. The van der Waals surface area contributed by atoms with Gasteiger partial charge in [-0.05, 0) is 37.6 Å². The van der Waals surface area contributed by atoms with Crippen LogP contribution in [0.5, 0.6) is 5.75 Å². The zero-order chi connectivity index (χ0) is 18.7. The van der Waals surface area contributed by atoms with Gasteiger partial charge in [0.15, 0.2) is 5.75 Å². The van der Waals surface area contributed by atoms with Crippen molar-refractivity contribution in [2.45, 2.75) is 20.4 Å². The Bertz CT molecular complexity index is 1010. The van der Waals surface area contributed by atoms with Crippen molar-refractivity contribution in [3.8, 4) is 17.0 Å². The first-order chi connectivity index (χ1) is 12.5. The minimum absolute atomic E-state index is 0.0848. The Kier molecular flexibility index (Phi) is 5.13. The predicted molar refractivity (Wildman–Crippen MR) is 99.9 cm³/mol. The van der Waals surface area contributed by atoms with Gasteiger partial charge in [-0.25, -0.2) is 4.98 Å². The number of nitro benzene ring substituents is 1. The molecule has 0 unspecified atom stereocenters. The van der Waals surface area contributed by atoms with Crippen molar-refractivity contribution in [1.82, 2.24) is 9.55 Å². The quantitative estimate of drug-likeness (QED) is 0.488. The van der Waals surface area contributed by atoms with Gasteiger partial charge >= 0.3 is 5.69 Å². The number of pyridine rings is 1. The van der Waals surface area contributed by atoms with Crippen LogP contribution in [0.25, 0.3) is 11.3 Å².